The Morgan fingerprint density at radius 3 is 2.33 bits per heavy atom. The highest BCUT2D eigenvalue weighted by atomic mass is 16.5. The van der Waals surface area contributed by atoms with E-state index in [4.69, 9.17) is 10.5 Å². The van der Waals surface area contributed by atoms with E-state index in [-0.39, 0.29) is 5.97 Å². The summed E-state index contributed by atoms with van der Waals surface area (Å²) in [4.78, 5) is 20.6. The van der Waals surface area contributed by atoms with Gasteiger partial charge in [0.05, 0.1) is 24.1 Å². The maximum Gasteiger partial charge on any atom is 0.338 e. The number of hydrogen-bond acceptors (Lipinski definition) is 6. The summed E-state index contributed by atoms with van der Waals surface area (Å²) >= 11 is 0. The summed E-state index contributed by atoms with van der Waals surface area (Å²) in [7, 11) is 0. The molecular weight excluding hydrogens is 304 g/mol. The number of pyridine rings is 1. The van der Waals surface area contributed by atoms with Gasteiger partial charge in [-0.2, -0.15) is 0 Å². The number of esters is 1. The first-order valence-electron chi connectivity index (χ1n) is 8.16. The molecule has 1 fully saturated rings. The largest absolute Gasteiger partial charge is 0.462 e. The van der Waals surface area contributed by atoms with Crippen molar-refractivity contribution in [3.8, 4) is 0 Å². The van der Waals surface area contributed by atoms with Gasteiger partial charge in [-0.1, -0.05) is 0 Å². The summed E-state index contributed by atoms with van der Waals surface area (Å²) in [5, 5.41) is 0. The van der Waals surface area contributed by atoms with Crippen molar-refractivity contribution in [2.75, 3.05) is 48.3 Å². The van der Waals surface area contributed by atoms with Crippen molar-refractivity contribution < 1.29 is 9.53 Å². The molecule has 1 aliphatic heterocycles. The number of anilines is 3. The summed E-state index contributed by atoms with van der Waals surface area (Å²) in [6.45, 7) is 5.81. The molecule has 1 aromatic carbocycles. The molecule has 126 valence electrons. The average molecular weight is 326 g/mol. The molecule has 0 atom stereocenters. The Labute approximate surface area is 141 Å². The number of benzene rings is 1. The predicted molar refractivity (Wildman–Crippen MR) is 95.5 cm³/mol. The molecule has 0 unspecified atom stereocenters. The zero-order valence-corrected chi connectivity index (χ0v) is 13.8. The van der Waals surface area contributed by atoms with Gasteiger partial charge in [0, 0.05) is 31.9 Å². The third-order valence-corrected chi connectivity index (χ3v) is 4.12. The van der Waals surface area contributed by atoms with Gasteiger partial charge in [0.15, 0.2) is 0 Å². The SMILES string of the molecule is CCOC(=O)c1ccc(N2CCN(c3ccc(N)cn3)CC2)cc1. The first-order valence-corrected chi connectivity index (χ1v) is 8.16. The Morgan fingerprint density at radius 2 is 1.75 bits per heavy atom. The van der Waals surface area contributed by atoms with Gasteiger partial charge < -0.3 is 20.3 Å². The number of aromatic nitrogens is 1. The molecule has 0 amide bonds. The molecular formula is C18H22N4O2. The van der Waals surface area contributed by atoms with Gasteiger partial charge >= 0.3 is 5.97 Å². The van der Waals surface area contributed by atoms with Crippen LogP contribution in [-0.4, -0.2) is 43.7 Å². The van der Waals surface area contributed by atoms with Crippen LogP contribution >= 0.6 is 0 Å². The minimum absolute atomic E-state index is 0.275. The molecule has 6 heteroatoms. The Kier molecular flexibility index (Phi) is 4.84. The summed E-state index contributed by atoms with van der Waals surface area (Å²) in [6, 6.07) is 11.4. The Balaban J connectivity index is 1.60. The molecule has 3 rings (SSSR count). The van der Waals surface area contributed by atoms with Crippen LogP contribution in [0.5, 0.6) is 0 Å². The molecule has 24 heavy (non-hydrogen) atoms. The van der Waals surface area contributed by atoms with E-state index in [1.807, 2.05) is 43.3 Å². The second-order valence-corrected chi connectivity index (χ2v) is 5.69. The van der Waals surface area contributed by atoms with Crippen molar-refractivity contribution >= 4 is 23.2 Å². The van der Waals surface area contributed by atoms with Gasteiger partial charge in [0.2, 0.25) is 0 Å². The van der Waals surface area contributed by atoms with E-state index < -0.39 is 0 Å². The molecule has 1 aromatic heterocycles. The molecule has 0 radical (unpaired) electrons. The molecule has 2 heterocycles. The van der Waals surface area contributed by atoms with Crippen LogP contribution in [0.4, 0.5) is 17.2 Å². The van der Waals surface area contributed by atoms with Crippen LogP contribution in [0.25, 0.3) is 0 Å². The number of hydrogen-bond donors (Lipinski definition) is 1. The number of piperazine rings is 1. The highest BCUT2D eigenvalue weighted by Gasteiger charge is 2.18. The van der Waals surface area contributed by atoms with Crippen molar-refractivity contribution in [1.82, 2.24) is 4.98 Å². The monoisotopic (exact) mass is 326 g/mol. The van der Waals surface area contributed by atoms with E-state index in [2.05, 4.69) is 14.8 Å². The highest BCUT2D eigenvalue weighted by Crippen LogP contribution is 2.20. The summed E-state index contributed by atoms with van der Waals surface area (Å²) < 4.78 is 5.01. The average Bonchev–Trinajstić information content (AvgIpc) is 2.63. The van der Waals surface area contributed by atoms with Crippen LogP contribution in [0.3, 0.4) is 0 Å². The number of rotatable bonds is 4. The van der Waals surface area contributed by atoms with Gasteiger partial charge in [-0.15, -0.1) is 0 Å². The number of nitrogens with zero attached hydrogens (tertiary/aromatic N) is 3. The topological polar surface area (TPSA) is 71.7 Å². The Bertz CT molecular complexity index is 677. The minimum atomic E-state index is -0.275. The molecule has 0 saturated carbocycles. The van der Waals surface area contributed by atoms with Gasteiger partial charge in [-0.25, -0.2) is 9.78 Å². The zero-order chi connectivity index (χ0) is 16.9. The van der Waals surface area contributed by atoms with Crippen molar-refractivity contribution in [3.63, 3.8) is 0 Å². The van der Waals surface area contributed by atoms with Crippen molar-refractivity contribution in [3.05, 3.63) is 48.2 Å². The van der Waals surface area contributed by atoms with Crippen molar-refractivity contribution in [2.45, 2.75) is 6.92 Å². The van der Waals surface area contributed by atoms with Crippen molar-refractivity contribution in [2.24, 2.45) is 0 Å². The molecule has 0 bridgehead atoms. The lowest BCUT2D eigenvalue weighted by molar-refractivity contribution is 0.0526. The van der Waals surface area contributed by atoms with Gasteiger partial charge in [-0.3, -0.25) is 0 Å². The van der Waals surface area contributed by atoms with E-state index in [1.165, 1.54) is 0 Å². The third kappa shape index (κ3) is 3.59. The third-order valence-electron chi connectivity index (χ3n) is 4.12. The molecule has 1 saturated heterocycles. The van der Waals surface area contributed by atoms with Crippen LogP contribution in [-0.2, 0) is 4.74 Å². The number of nitrogen functional groups attached to an aromatic ring is 1. The zero-order valence-electron chi connectivity index (χ0n) is 13.8. The number of nitrogens with two attached hydrogens (primary N) is 1. The van der Waals surface area contributed by atoms with Crippen LogP contribution in [0, 0.1) is 0 Å². The summed E-state index contributed by atoms with van der Waals surface area (Å²) in [6.07, 6.45) is 1.69. The minimum Gasteiger partial charge on any atom is -0.462 e. The van der Waals surface area contributed by atoms with Crippen LogP contribution in [0.1, 0.15) is 17.3 Å². The number of carbonyl (C=O) groups is 1. The van der Waals surface area contributed by atoms with E-state index in [1.54, 1.807) is 6.20 Å². The highest BCUT2D eigenvalue weighted by molar-refractivity contribution is 5.89. The van der Waals surface area contributed by atoms with E-state index in [9.17, 15) is 4.79 Å². The Hall–Kier alpha value is -2.76. The van der Waals surface area contributed by atoms with Crippen molar-refractivity contribution in [1.29, 1.82) is 0 Å². The fourth-order valence-corrected chi connectivity index (χ4v) is 2.80. The second-order valence-electron chi connectivity index (χ2n) is 5.69. The molecule has 0 aliphatic carbocycles. The van der Waals surface area contributed by atoms with Crippen LogP contribution in [0.2, 0.25) is 0 Å². The molecule has 2 aromatic rings. The first-order chi connectivity index (χ1) is 11.7. The summed E-state index contributed by atoms with van der Waals surface area (Å²) in [5.41, 5.74) is 8.07. The van der Waals surface area contributed by atoms with E-state index in [0.717, 1.165) is 37.7 Å². The van der Waals surface area contributed by atoms with Gasteiger partial charge in [-0.05, 0) is 43.3 Å². The standard InChI is InChI=1S/C18H22N4O2/c1-2-24-18(23)14-3-6-16(7-4-14)21-9-11-22(12-10-21)17-8-5-15(19)13-20-17/h3-8,13H,2,9-12,19H2,1H3. The Morgan fingerprint density at radius 1 is 1.08 bits per heavy atom. The number of carbonyl (C=O) groups excluding carboxylic acids is 1. The fourth-order valence-electron chi connectivity index (χ4n) is 2.80. The van der Waals surface area contributed by atoms with E-state index in [0.29, 0.717) is 17.9 Å². The second kappa shape index (κ2) is 7.21. The number of ether oxygens (including phenoxy) is 1. The molecule has 1 aliphatic rings. The van der Waals surface area contributed by atoms with Crippen LogP contribution in [0.15, 0.2) is 42.6 Å². The lowest BCUT2D eigenvalue weighted by Crippen LogP contribution is -2.46. The molecule has 2 N–H and O–H groups in total. The maximum absolute atomic E-state index is 11.7. The summed E-state index contributed by atoms with van der Waals surface area (Å²) in [5.74, 6) is 0.685. The normalized spacial score (nSPS) is 14.5. The lowest BCUT2D eigenvalue weighted by Gasteiger charge is -2.36. The fraction of sp³-hybridized carbons (Fsp3) is 0.333. The first kappa shape index (κ1) is 16.1. The smallest absolute Gasteiger partial charge is 0.338 e. The van der Waals surface area contributed by atoms with Gasteiger partial charge in [0.25, 0.3) is 0 Å². The maximum atomic E-state index is 11.7. The van der Waals surface area contributed by atoms with E-state index >= 15 is 0 Å². The quantitative estimate of drug-likeness (QED) is 0.868. The lowest BCUT2D eigenvalue weighted by atomic mass is 10.2. The molecule has 0 spiro atoms. The van der Waals surface area contributed by atoms with Crippen LogP contribution < -0.4 is 15.5 Å². The predicted octanol–water partition coefficient (Wildman–Crippen LogP) is 2.17. The van der Waals surface area contributed by atoms with Gasteiger partial charge in [0.1, 0.15) is 5.82 Å². The molecule has 6 nitrogen and oxygen atoms in total.